The Morgan fingerprint density at radius 3 is 2.40 bits per heavy atom. The first-order valence-electron chi connectivity index (χ1n) is 5.95. The second kappa shape index (κ2) is 5.15. The molecule has 0 atom stereocenters. The molecule has 0 aliphatic heterocycles. The summed E-state index contributed by atoms with van der Waals surface area (Å²) in [6.45, 7) is 0. The summed E-state index contributed by atoms with van der Waals surface area (Å²) in [6, 6.07) is 3.76. The van der Waals surface area contributed by atoms with Crippen molar-refractivity contribution in [2.45, 2.75) is 50.9 Å². The van der Waals surface area contributed by atoms with Gasteiger partial charge in [0, 0.05) is 5.56 Å². The summed E-state index contributed by atoms with van der Waals surface area (Å²) < 4.78 is 4.93. The number of hydrogen-bond acceptors (Lipinski definition) is 2. The number of hydrogen-bond donors (Lipinski definition) is 0. The summed E-state index contributed by atoms with van der Waals surface area (Å²) in [7, 11) is 0. The highest BCUT2D eigenvalue weighted by molar-refractivity contribution is 5.13. The van der Waals surface area contributed by atoms with Crippen molar-refractivity contribution < 1.29 is 4.42 Å². The van der Waals surface area contributed by atoms with Crippen molar-refractivity contribution in [2.75, 3.05) is 0 Å². The Balaban J connectivity index is 2.14. The van der Waals surface area contributed by atoms with Gasteiger partial charge >= 0.3 is 5.63 Å². The van der Waals surface area contributed by atoms with E-state index in [9.17, 15) is 4.79 Å². The zero-order valence-electron chi connectivity index (χ0n) is 9.08. The van der Waals surface area contributed by atoms with E-state index in [2.05, 4.69) is 0 Å². The van der Waals surface area contributed by atoms with E-state index >= 15 is 0 Å². The molecule has 0 N–H and O–H groups in total. The van der Waals surface area contributed by atoms with Crippen molar-refractivity contribution in [1.82, 2.24) is 0 Å². The first-order chi connectivity index (χ1) is 7.38. The van der Waals surface area contributed by atoms with E-state index in [0.717, 1.165) is 18.4 Å². The van der Waals surface area contributed by atoms with Gasteiger partial charge in [0.15, 0.2) is 0 Å². The van der Waals surface area contributed by atoms with E-state index in [1.54, 1.807) is 0 Å². The fourth-order valence-electron chi connectivity index (χ4n) is 2.45. The zero-order chi connectivity index (χ0) is 10.5. The van der Waals surface area contributed by atoms with E-state index in [1.807, 2.05) is 12.1 Å². The Bertz CT molecular complexity index is 346. The molecule has 1 aromatic rings. The Kier molecular flexibility index (Phi) is 3.59. The summed E-state index contributed by atoms with van der Waals surface area (Å²) in [4.78, 5) is 11.5. The third kappa shape index (κ3) is 2.71. The molecule has 0 aromatic carbocycles. The van der Waals surface area contributed by atoms with Crippen LogP contribution in [0.3, 0.4) is 0 Å². The molecule has 15 heavy (non-hydrogen) atoms. The van der Waals surface area contributed by atoms with Crippen LogP contribution in [0.25, 0.3) is 0 Å². The molecule has 1 aliphatic rings. The van der Waals surface area contributed by atoms with Crippen LogP contribution in [0.4, 0.5) is 0 Å². The number of rotatable bonds is 1. The average molecular weight is 206 g/mol. The summed E-state index contributed by atoms with van der Waals surface area (Å²) in [5.41, 5.74) is 0.752. The van der Waals surface area contributed by atoms with Gasteiger partial charge in [-0.1, -0.05) is 32.1 Å². The first-order valence-corrected chi connectivity index (χ1v) is 5.95. The second-order valence-corrected chi connectivity index (χ2v) is 4.40. The van der Waals surface area contributed by atoms with Crippen molar-refractivity contribution in [2.24, 2.45) is 0 Å². The minimum atomic E-state index is -0.136. The van der Waals surface area contributed by atoms with Gasteiger partial charge in [-0.15, -0.1) is 0 Å². The normalized spacial score (nSPS) is 19.5. The Morgan fingerprint density at radius 2 is 1.73 bits per heavy atom. The van der Waals surface area contributed by atoms with Crippen molar-refractivity contribution in [3.63, 3.8) is 0 Å². The van der Waals surface area contributed by atoms with Crippen LogP contribution in [0.5, 0.6) is 0 Å². The van der Waals surface area contributed by atoms with Gasteiger partial charge in [-0.2, -0.15) is 0 Å². The molecule has 0 unspecified atom stereocenters. The van der Waals surface area contributed by atoms with Gasteiger partial charge in [0.25, 0.3) is 0 Å². The lowest BCUT2D eigenvalue weighted by atomic mass is 9.87. The average Bonchev–Trinajstić information content (AvgIpc) is 2.19. The molecular formula is C13H18O2. The standard InChI is InChI=1S/C13H18O2/c14-13-12(9-6-10-15-13)11-7-4-2-1-3-5-8-11/h6,9-11H,1-5,7-8H2. The third-order valence-electron chi connectivity index (χ3n) is 3.31. The van der Waals surface area contributed by atoms with E-state index < -0.39 is 0 Å². The van der Waals surface area contributed by atoms with Gasteiger partial charge in [0.2, 0.25) is 0 Å². The van der Waals surface area contributed by atoms with Crippen LogP contribution in [0, 0.1) is 0 Å². The van der Waals surface area contributed by atoms with Crippen LogP contribution in [-0.4, -0.2) is 0 Å². The maximum Gasteiger partial charge on any atom is 0.339 e. The minimum absolute atomic E-state index is 0.136. The van der Waals surface area contributed by atoms with E-state index in [0.29, 0.717) is 5.92 Å². The molecule has 2 rings (SSSR count). The predicted molar refractivity (Wildman–Crippen MR) is 60.0 cm³/mol. The molecule has 1 fully saturated rings. The fraction of sp³-hybridized carbons (Fsp3) is 0.615. The highest BCUT2D eigenvalue weighted by atomic mass is 16.4. The van der Waals surface area contributed by atoms with Crippen LogP contribution in [0.1, 0.15) is 56.4 Å². The lowest BCUT2D eigenvalue weighted by Crippen LogP contribution is -2.13. The minimum Gasteiger partial charge on any atom is -0.431 e. The Labute approximate surface area is 90.3 Å². The van der Waals surface area contributed by atoms with Crippen molar-refractivity contribution in [3.8, 4) is 0 Å². The lowest BCUT2D eigenvalue weighted by molar-refractivity contribution is 0.431. The molecular weight excluding hydrogens is 188 g/mol. The zero-order valence-corrected chi connectivity index (χ0v) is 9.08. The molecule has 0 spiro atoms. The molecule has 2 heteroatoms. The van der Waals surface area contributed by atoms with Crippen molar-refractivity contribution >= 4 is 0 Å². The molecule has 0 amide bonds. The lowest BCUT2D eigenvalue weighted by Gasteiger charge is -2.18. The van der Waals surface area contributed by atoms with E-state index in [-0.39, 0.29) is 5.63 Å². The quantitative estimate of drug-likeness (QED) is 0.704. The smallest absolute Gasteiger partial charge is 0.339 e. The molecule has 1 aromatic heterocycles. The summed E-state index contributed by atoms with van der Waals surface area (Å²) >= 11 is 0. The van der Waals surface area contributed by atoms with Crippen LogP contribution < -0.4 is 5.63 Å². The van der Waals surface area contributed by atoms with Gasteiger partial charge in [-0.05, 0) is 30.9 Å². The third-order valence-corrected chi connectivity index (χ3v) is 3.31. The van der Waals surface area contributed by atoms with Crippen LogP contribution in [0.2, 0.25) is 0 Å². The predicted octanol–water partition coefficient (Wildman–Crippen LogP) is 3.47. The summed E-state index contributed by atoms with van der Waals surface area (Å²) in [5, 5.41) is 0. The molecule has 0 bridgehead atoms. The first kappa shape index (κ1) is 10.5. The van der Waals surface area contributed by atoms with Gasteiger partial charge < -0.3 is 4.42 Å². The maximum absolute atomic E-state index is 11.5. The molecule has 0 radical (unpaired) electrons. The van der Waals surface area contributed by atoms with Crippen LogP contribution in [-0.2, 0) is 0 Å². The fourth-order valence-corrected chi connectivity index (χ4v) is 2.45. The topological polar surface area (TPSA) is 30.2 Å². The maximum atomic E-state index is 11.5. The second-order valence-electron chi connectivity index (χ2n) is 4.40. The molecule has 0 saturated heterocycles. The monoisotopic (exact) mass is 206 g/mol. The van der Waals surface area contributed by atoms with Gasteiger partial charge in [0.05, 0.1) is 6.26 Å². The molecule has 1 saturated carbocycles. The molecule has 82 valence electrons. The molecule has 1 heterocycles. The van der Waals surface area contributed by atoms with E-state index in [1.165, 1.54) is 38.4 Å². The van der Waals surface area contributed by atoms with Crippen LogP contribution >= 0.6 is 0 Å². The SMILES string of the molecule is O=c1occcc1C1CCCCCCC1. The molecule has 2 nitrogen and oxygen atoms in total. The van der Waals surface area contributed by atoms with Crippen molar-refractivity contribution in [1.29, 1.82) is 0 Å². The van der Waals surface area contributed by atoms with Gasteiger partial charge in [-0.25, -0.2) is 4.79 Å². The highest BCUT2D eigenvalue weighted by Crippen LogP contribution is 2.28. The Hall–Kier alpha value is -1.05. The summed E-state index contributed by atoms with van der Waals surface area (Å²) in [5.74, 6) is 0.433. The van der Waals surface area contributed by atoms with Crippen molar-refractivity contribution in [3.05, 3.63) is 34.4 Å². The van der Waals surface area contributed by atoms with Gasteiger partial charge in [-0.3, -0.25) is 0 Å². The largest absolute Gasteiger partial charge is 0.431 e. The van der Waals surface area contributed by atoms with Crippen LogP contribution in [0.15, 0.2) is 27.6 Å². The Morgan fingerprint density at radius 1 is 1.07 bits per heavy atom. The summed E-state index contributed by atoms with van der Waals surface area (Å²) in [6.07, 6.45) is 10.2. The van der Waals surface area contributed by atoms with Gasteiger partial charge in [0.1, 0.15) is 0 Å². The highest BCUT2D eigenvalue weighted by Gasteiger charge is 2.16. The molecule has 1 aliphatic carbocycles. The van der Waals surface area contributed by atoms with E-state index in [4.69, 9.17) is 4.42 Å².